The molecular weight excluding hydrogens is 210 g/mol. The molecule has 0 aliphatic heterocycles. The zero-order valence-electron chi connectivity index (χ0n) is 11.2. The van der Waals surface area contributed by atoms with Crippen LogP contribution in [0.1, 0.15) is 32.8 Å². The monoisotopic (exact) mass is 235 g/mol. The topological polar surface area (TPSA) is 32.3 Å². The standard InChI is InChI=1S/C15H25NO/c1-12(2)10-13(3)11-16-15-6-4-14(5-7-15)8-9-17/h4-7,12-13,16-17H,8-11H2,1-3H3. The van der Waals surface area contributed by atoms with Gasteiger partial charge in [-0.05, 0) is 42.4 Å². The molecule has 2 N–H and O–H groups in total. The number of rotatable bonds is 7. The van der Waals surface area contributed by atoms with E-state index in [1.54, 1.807) is 0 Å². The highest BCUT2D eigenvalue weighted by Gasteiger charge is 2.04. The van der Waals surface area contributed by atoms with Crippen LogP contribution < -0.4 is 5.32 Å². The van der Waals surface area contributed by atoms with Crippen molar-refractivity contribution in [1.29, 1.82) is 0 Å². The first-order valence-corrected chi connectivity index (χ1v) is 6.55. The van der Waals surface area contributed by atoms with Crippen LogP contribution in [0.4, 0.5) is 5.69 Å². The lowest BCUT2D eigenvalue weighted by molar-refractivity contribution is 0.299. The van der Waals surface area contributed by atoms with Crippen molar-refractivity contribution in [3.05, 3.63) is 29.8 Å². The highest BCUT2D eigenvalue weighted by atomic mass is 16.2. The fourth-order valence-corrected chi connectivity index (χ4v) is 2.10. The first-order chi connectivity index (χ1) is 8.11. The number of aliphatic hydroxyl groups is 1. The molecular formula is C15H25NO. The van der Waals surface area contributed by atoms with Gasteiger partial charge in [-0.25, -0.2) is 0 Å². The van der Waals surface area contributed by atoms with E-state index in [0.717, 1.165) is 18.9 Å². The van der Waals surface area contributed by atoms with Crippen LogP contribution in [0.2, 0.25) is 0 Å². The fraction of sp³-hybridized carbons (Fsp3) is 0.600. The van der Waals surface area contributed by atoms with E-state index in [1.165, 1.54) is 17.7 Å². The van der Waals surface area contributed by atoms with Crippen LogP contribution in [0, 0.1) is 11.8 Å². The minimum atomic E-state index is 0.220. The summed E-state index contributed by atoms with van der Waals surface area (Å²) in [7, 11) is 0. The Hall–Kier alpha value is -1.02. The Morgan fingerprint density at radius 2 is 1.76 bits per heavy atom. The summed E-state index contributed by atoms with van der Waals surface area (Å²) in [6.07, 6.45) is 2.00. The van der Waals surface area contributed by atoms with Crippen LogP contribution in [-0.4, -0.2) is 18.3 Å². The molecule has 0 heterocycles. The van der Waals surface area contributed by atoms with Crippen LogP contribution in [-0.2, 0) is 6.42 Å². The van der Waals surface area contributed by atoms with E-state index in [4.69, 9.17) is 5.11 Å². The summed E-state index contributed by atoms with van der Waals surface area (Å²) in [4.78, 5) is 0. The Balaban J connectivity index is 2.36. The van der Waals surface area contributed by atoms with Gasteiger partial charge in [0, 0.05) is 18.8 Å². The van der Waals surface area contributed by atoms with Crippen molar-refractivity contribution in [3.8, 4) is 0 Å². The van der Waals surface area contributed by atoms with Crippen molar-refractivity contribution >= 4 is 5.69 Å². The van der Waals surface area contributed by atoms with E-state index in [9.17, 15) is 0 Å². The van der Waals surface area contributed by atoms with Crippen molar-refractivity contribution in [2.45, 2.75) is 33.6 Å². The zero-order chi connectivity index (χ0) is 12.7. The van der Waals surface area contributed by atoms with Gasteiger partial charge in [0.15, 0.2) is 0 Å². The van der Waals surface area contributed by atoms with Gasteiger partial charge in [-0.1, -0.05) is 32.9 Å². The maximum atomic E-state index is 8.83. The molecule has 0 aliphatic carbocycles. The van der Waals surface area contributed by atoms with E-state index in [2.05, 4.69) is 50.4 Å². The molecule has 1 atom stereocenters. The third kappa shape index (κ3) is 5.73. The molecule has 0 radical (unpaired) electrons. The number of benzene rings is 1. The molecule has 2 nitrogen and oxygen atoms in total. The summed E-state index contributed by atoms with van der Waals surface area (Å²) in [5, 5.41) is 12.3. The maximum absolute atomic E-state index is 8.83. The average Bonchev–Trinajstić information content (AvgIpc) is 2.28. The number of hydrogen-bond acceptors (Lipinski definition) is 2. The van der Waals surface area contributed by atoms with E-state index in [0.29, 0.717) is 5.92 Å². The first-order valence-electron chi connectivity index (χ1n) is 6.55. The number of hydrogen-bond donors (Lipinski definition) is 2. The predicted molar refractivity (Wildman–Crippen MR) is 74.3 cm³/mol. The van der Waals surface area contributed by atoms with Crippen LogP contribution in [0.15, 0.2) is 24.3 Å². The highest BCUT2D eigenvalue weighted by Crippen LogP contribution is 2.14. The molecule has 2 heteroatoms. The van der Waals surface area contributed by atoms with Crippen molar-refractivity contribution < 1.29 is 5.11 Å². The Morgan fingerprint density at radius 1 is 1.12 bits per heavy atom. The Kier molecular flexibility index (Phi) is 6.06. The highest BCUT2D eigenvalue weighted by molar-refractivity contribution is 5.44. The summed E-state index contributed by atoms with van der Waals surface area (Å²) < 4.78 is 0. The average molecular weight is 235 g/mol. The van der Waals surface area contributed by atoms with Gasteiger partial charge in [-0.15, -0.1) is 0 Å². The fourth-order valence-electron chi connectivity index (χ4n) is 2.10. The second-order valence-corrected chi connectivity index (χ2v) is 5.29. The number of aliphatic hydroxyl groups excluding tert-OH is 1. The molecule has 0 saturated carbocycles. The zero-order valence-corrected chi connectivity index (χ0v) is 11.2. The van der Waals surface area contributed by atoms with Gasteiger partial charge in [-0.3, -0.25) is 0 Å². The molecule has 0 fully saturated rings. The van der Waals surface area contributed by atoms with Gasteiger partial charge in [-0.2, -0.15) is 0 Å². The Bertz CT molecular complexity index is 305. The summed E-state index contributed by atoms with van der Waals surface area (Å²) in [5.41, 5.74) is 2.36. The molecule has 0 bridgehead atoms. The van der Waals surface area contributed by atoms with Crippen molar-refractivity contribution in [1.82, 2.24) is 0 Å². The normalized spacial score (nSPS) is 12.8. The summed E-state index contributed by atoms with van der Waals surface area (Å²) >= 11 is 0. The van der Waals surface area contributed by atoms with Gasteiger partial charge in [0.05, 0.1) is 0 Å². The summed E-state index contributed by atoms with van der Waals surface area (Å²) in [5.74, 6) is 1.46. The lowest BCUT2D eigenvalue weighted by atomic mass is 9.99. The number of anilines is 1. The van der Waals surface area contributed by atoms with E-state index < -0.39 is 0 Å². The Labute approximate surface area is 105 Å². The molecule has 1 aromatic rings. The lowest BCUT2D eigenvalue weighted by Crippen LogP contribution is -2.13. The largest absolute Gasteiger partial charge is 0.396 e. The molecule has 17 heavy (non-hydrogen) atoms. The molecule has 0 aliphatic rings. The van der Waals surface area contributed by atoms with E-state index in [1.807, 2.05) is 0 Å². The lowest BCUT2D eigenvalue weighted by Gasteiger charge is -2.15. The van der Waals surface area contributed by atoms with Gasteiger partial charge in [0.2, 0.25) is 0 Å². The van der Waals surface area contributed by atoms with Gasteiger partial charge in [0.25, 0.3) is 0 Å². The van der Waals surface area contributed by atoms with Gasteiger partial charge in [0.1, 0.15) is 0 Å². The Morgan fingerprint density at radius 3 is 2.29 bits per heavy atom. The van der Waals surface area contributed by atoms with Crippen molar-refractivity contribution in [3.63, 3.8) is 0 Å². The smallest absolute Gasteiger partial charge is 0.0471 e. The molecule has 1 aromatic carbocycles. The molecule has 1 rings (SSSR count). The van der Waals surface area contributed by atoms with E-state index in [-0.39, 0.29) is 6.61 Å². The van der Waals surface area contributed by atoms with E-state index >= 15 is 0 Å². The van der Waals surface area contributed by atoms with Crippen molar-refractivity contribution in [2.24, 2.45) is 11.8 Å². The first kappa shape index (κ1) is 14.0. The maximum Gasteiger partial charge on any atom is 0.0471 e. The second-order valence-electron chi connectivity index (χ2n) is 5.29. The molecule has 96 valence electrons. The van der Waals surface area contributed by atoms with Gasteiger partial charge < -0.3 is 10.4 Å². The summed E-state index contributed by atoms with van der Waals surface area (Å²) in [6, 6.07) is 8.33. The molecule has 1 unspecified atom stereocenters. The predicted octanol–water partition coefficient (Wildman–Crippen LogP) is 3.32. The molecule has 0 spiro atoms. The SMILES string of the molecule is CC(C)CC(C)CNc1ccc(CCO)cc1. The molecule has 0 aromatic heterocycles. The molecule has 0 saturated heterocycles. The third-order valence-electron chi connectivity index (χ3n) is 2.88. The van der Waals surface area contributed by atoms with Crippen LogP contribution in [0.5, 0.6) is 0 Å². The van der Waals surface area contributed by atoms with Crippen LogP contribution in [0.25, 0.3) is 0 Å². The van der Waals surface area contributed by atoms with Crippen LogP contribution >= 0.6 is 0 Å². The third-order valence-corrected chi connectivity index (χ3v) is 2.88. The molecule has 0 amide bonds. The van der Waals surface area contributed by atoms with Crippen molar-refractivity contribution in [2.75, 3.05) is 18.5 Å². The van der Waals surface area contributed by atoms with Gasteiger partial charge >= 0.3 is 0 Å². The quantitative estimate of drug-likeness (QED) is 0.760. The minimum absolute atomic E-state index is 0.220. The van der Waals surface area contributed by atoms with Crippen LogP contribution in [0.3, 0.4) is 0 Å². The summed E-state index contributed by atoms with van der Waals surface area (Å²) in [6.45, 7) is 8.06. The minimum Gasteiger partial charge on any atom is -0.396 e. The number of nitrogens with one attached hydrogen (secondary N) is 1. The second kappa shape index (κ2) is 7.33.